The fourth-order valence-corrected chi connectivity index (χ4v) is 2.30. The summed E-state index contributed by atoms with van der Waals surface area (Å²) in [5.41, 5.74) is 1.29. The number of rotatable bonds is 9. The van der Waals surface area contributed by atoms with E-state index >= 15 is 0 Å². The Balaban J connectivity index is 2.70. The van der Waals surface area contributed by atoms with E-state index in [0.29, 0.717) is 17.9 Å². The van der Waals surface area contributed by atoms with Gasteiger partial charge in [-0.15, -0.1) is 0 Å². The summed E-state index contributed by atoms with van der Waals surface area (Å²) in [4.78, 5) is 10.8. The number of benzene rings is 1. The van der Waals surface area contributed by atoms with E-state index in [1.54, 1.807) is 12.1 Å². The largest absolute Gasteiger partial charge is 0.380 e. The van der Waals surface area contributed by atoms with Gasteiger partial charge in [-0.3, -0.25) is 10.1 Å². The van der Waals surface area contributed by atoms with Gasteiger partial charge in [0.25, 0.3) is 0 Å². The van der Waals surface area contributed by atoms with Crippen molar-refractivity contribution in [3.8, 4) is 0 Å². The van der Waals surface area contributed by atoms with Crippen molar-refractivity contribution < 1.29 is 4.92 Å². The zero-order valence-corrected chi connectivity index (χ0v) is 12.3. The smallest absolute Gasteiger partial charge is 0.315 e. The third-order valence-corrected chi connectivity index (χ3v) is 3.37. The summed E-state index contributed by atoms with van der Waals surface area (Å²) in [6.45, 7) is 3.35. The fraction of sp³-hybridized carbons (Fsp3) is 0.538. The molecule has 0 unspecified atom stereocenters. The second-order valence-electron chi connectivity index (χ2n) is 4.12. The maximum atomic E-state index is 11.2. The first-order chi connectivity index (χ1) is 9.20. The van der Waals surface area contributed by atoms with E-state index in [-0.39, 0.29) is 10.6 Å². The number of nitrogens with one attached hydrogen (secondary N) is 2. The monoisotopic (exact) mass is 283 g/mol. The number of para-hydroxylation sites is 1. The van der Waals surface area contributed by atoms with E-state index in [1.165, 1.54) is 0 Å². The third-order valence-electron chi connectivity index (χ3n) is 2.68. The van der Waals surface area contributed by atoms with Gasteiger partial charge in [-0.05, 0) is 43.9 Å². The summed E-state index contributed by atoms with van der Waals surface area (Å²) < 4.78 is 0. The molecule has 0 radical (unpaired) electrons. The van der Waals surface area contributed by atoms with Gasteiger partial charge >= 0.3 is 5.69 Å². The Kier molecular flexibility index (Phi) is 7.10. The second kappa shape index (κ2) is 8.63. The predicted molar refractivity (Wildman–Crippen MR) is 83.4 cm³/mol. The lowest BCUT2D eigenvalue weighted by molar-refractivity contribution is -0.383. The molecule has 2 N–H and O–H groups in total. The van der Waals surface area contributed by atoms with Crippen molar-refractivity contribution in [2.75, 3.05) is 35.7 Å². The minimum absolute atomic E-state index is 0.134. The summed E-state index contributed by atoms with van der Waals surface area (Å²) in [5.74, 6) is 1.13. The lowest BCUT2D eigenvalue weighted by Crippen LogP contribution is -2.07. The minimum Gasteiger partial charge on any atom is -0.380 e. The standard InChI is InChI=1S/C13H21N3O2S/c1-3-14-11-7-6-8-12(13(11)16(17)18)15-9-4-5-10-19-2/h6-8,14-15H,3-5,9-10H2,1-2H3. The molecule has 0 spiro atoms. The molecule has 0 aliphatic rings. The molecule has 5 nitrogen and oxygen atoms in total. The summed E-state index contributed by atoms with van der Waals surface area (Å²) in [7, 11) is 0. The Bertz CT molecular complexity index is 413. The zero-order valence-electron chi connectivity index (χ0n) is 11.4. The molecular weight excluding hydrogens is 262 g/mol. The van der Waals surface area contributed by atoms with E-state index in [9.17, 15) is 10.1 Å². The Hall–Kier alpha value is -1.43. The van der Waals surface area contributed by atoms with Gasteiger partial charge < -0.3 is 10.6 Å². The number of nitro groups is 1. The van der Waals surface area contributed by atoms with Crippen LogP contribution in [-0.2, 0) is 0 Å². The summed E-state index contributed by atoms with van der Waals surface area (Å²) in [5, 5.41) is 17.4. The highest BCUT2D eigenvalue weighted by molar-refractivity contribution is 7.98. The van der Waals surface area contributed by atoms with Crippen LogP contribution in [-0.4, -0.2) is 30.0 Å². The Morgan fingerprint density at radius 1 is 1.26 bits per heavy atom. The predicted octanol–water partition coefficient (Wildman–Crippen LogP) is 3.58. The van der Waals surface area contributed by atoms with Gasteiger partial charge in [-0.2, -0.15) is 11.8 Å². The maximum absolute atomic E-state index is 11.2. The normalized spacial score (nSPS) is 10.2. The molecule has 19 heavy (non-hydrogen) atoms. The van der Waals surface area contributed by atoms with Crippen LogP contribution < -0.4 is 10.6 Å². The SMILES string of the molecule is CCNc1cccc(NCCCCSC)c1[N+](=O)[O-]. The van der Waals surface area contributed by atoms with Crippen LogP contribution in [0.5, 0.6) is 0 Å². The van der Waals surface area contributed by atoms with Gasteiger partial charge in [-0.1, -0.05) is 6.07 Å². The summed E-state index contributed by atoms with van der Waals surface area (Å²) in [6, 6.07) is 5.32. The van der Waals surface area contributed by atoms with Gasteiger partial charge in [0.1, 0.15) is 11.4 Å². The molecule has 0 aliphatic heterocycles. The van der Waals surface area contributed by atoms with Crippen LogP contribution in [0.1, 0.15) is 19.8 Å². The molecule has 0 fully saturated rings. The number of anilines is 2. The number of thioether (sulfide) groups is 1. The van der Waals surface area contributed by atoms with Gasteiger partial charge in [0.2, 0.25) is 0 Å². The molecule has 0 saturated carbocycles. The van der Waals surface area contributed by atoms with Crippen molar-refractivity contribution in [1.29, 1.82) is 0 Å². The first-order valence-corrected chi connectivity index (χ1v) is 7.84. The topological polar surface area (TPSA) is 67.2 Å². The molecule has 0 bridgehead atoms. The van der Waals surface area contributed by atoms with Crippen LogP contribution in [0.2, 0.25) is 0 Å². The van der Waals surface area contributed by atoms with Crippen LogP contribution in [0, 0.1) is 10.1 Å². The highest BCUT2D eigenvalue weighted by atomic mass is 32.2. The molecule has 6 heteroatoms. The molecule has 1 aromatic carbocycles. The highest BCUT2D eigenvalue weighted by Gasteiger charge is 2.18. The number of nitrogens with zero attached hydrogens (tertiary/aromatic N) is 1. The molecule has 1 aromatic rings. The molecule has 1 rings (SSSR count). The molecule has 0 atom stereocenters. The molecule has 0 aliphatic carbocycles. The minimum atomic E-state index is -0.331. The first-order valence-electron chi connectivity index (χ1n) is 6.44. The number of hydrogen-bond donors (Lipinski definition) is 2. The third kappa shape index (κ3) is 4.98. The lowest BCUT2D eigenvalue weighted by atomic mass is 10.2. The van der Waals surface area contributed by atoms with Crippen LogP contribution in [0.15, 0.2) is 18.2 Å². The molecule has 106 valence electrons. The number of unbranched alkanes of at least 4 members (excludes halogenated alkanes) is 1. The second-order valence-corrected chi connectivity index (χ2v) is 5.10. The molecule has 0 aromatic heterocycles. The van der Waals surface area contributed by atoms with Crippen molar-refractivity contribution in [2.24, 2.45) is 0 Å². The summed E-state index contributed by atoms with van der Waals surface area (Å²) in [6.07, 6.45) is 4.22. The Morgan fingerprint density at radius 3 is 2.53 bits per heavy atom. The van der Waals surface area contributed by atoms with Gasteiger partial charge in [0.05, 0.1) is 4.92 Å². The van der Waals surface area contributed by atoms with Gasteiger partial charge in [-0.25, -0.2) is 0 Å². The van der Waals surface area contributed by atoms with E-state index in [1.807, 2.05) is 24.8 Å². The number of nitro benzene ring substituents is 1. The van der Waals surface area contributed by atoms with Crippen LogP contribution in [0.25, 0.3) is 0 Å². The number of hydrogen-bond acceptors (Lipinski definition) is 5. The van der Waals surface area contributed by atoms with Crippen molar-refractivity contribution in [3.63, 3.8) is 0 Å². The molecule has 0 amide bonds. The van der Waals surface area contributed by atoms with E-state index in [4.69, 9.17) is 0 Å². The Labute approximate surface area is 118 Å². The van der Waals surface area contributed by atoms with Crippen molar-refractivity contribution in [2.45, 2.75) is 19.8 Å². The molecule has 0 heterocycles. The van der Waals surface area contributed by atoms with Gasteiger partial charge in [0, 0.05) is 13.1 Å². The van der Waals surface area contributed by atoms with E-state index in [2.05, 4.69) is 16.9 Å². The average molecular weight is 283 g/mol. The summed E-state index contributed by atoms with van der Waals surface area (Å²) >= 11 is 1.82. The molecule has 0 saturated heterocycles. The van der Waals surface area contributed by atoms with Gasteiger partial charge in [0.15, 0.2) is 0 Å². The lowest BCUT2D eigenvalue weighted by Gasteiger charge is -2.10. The van der Waals surface area contributed by atoms with E-state index in [0.717, 1.165) is 25.1 Å². The van der Waals surface area contributed by atoms with Crippen molar-refractivity contribution >= 4 is 28.8 Å². The first kappa shape index (κ1) is 15.6. The Morgan fingerprint density at radius 2 is 1.95 bits per heavy atom. The van der Waals surface area contributed by atoms with Crippen molar-refractivity contribution in [1.82, 2.24) is 0 Å². The maximum Gasteiger partial charge on any atom is 0.315 e. The van der Waals surface area contributed by atoms with Crippen LogP contribution >= 0.6 is 11.8 Å². The van der Waals surface area contributed by atoms with E-state index < -0.39 is 0 Å². The van der Waals surface area contributed by atoms with Crippen LogP contribution in [0.4, 0.5) is 17.1 Å². The fourth-order valence-electron chi connectivity index (χ4n) is 1.81. The quantitative estimate of drug-likeness (QED) is 0.412. The zero-order chi connectivity index (χ0) is 14.1. The average Bonchev–Trinajstić information content (AvgIpc) is 2.38. The molecular formula is C13H21N3O2S. The highest BCUT2D eigenvalue weighted by Crippen LogP contribution is 2.32. The van der Waals surface area contributed by atoms with Crippen LogP contribution in [0.3, 0.4) is 0 Å². The van der Waals surface area contributed by atoms with Crippen molar-refractivity contribution in [3.05, 3.63) is 28.3 Å².